The Balaban J connectivity index is 2.88. The van der Waals surface area contributed by atoms with Crippen molar-refractivity contribution in [2.75, 3.05) is 7.05 Å². The summed E-state index contributed by atoms with van der Waals surface area (Å²) < 4.78 is 25.9. The molecule has 5 heteroatoms. The van der Waals surface area contributed by atoms with Crippen molar-refractivity contribution in [1.82, 2.24) is 4.31 Å². The van der Waals surface area contributed by atoms with Crippen LogP contribution in [0.3, 0.4) is 0 Å². The highest BCUT2D eigenvalue weighted by atomic mass is 32.2. The average Bonchev–Trinajstić information content (AvgIpc) is 2.30. The molecule has 0 bridgehead atoms. The number of rotatable bonds is 4. The van der Waals surface area contributed by atoms with Crippen LogP contribution in [-0.4, -0.2) is 31.1 Å². The zero-order valence-corrected chi connectivity index (χ0v) is 11.7. The van der Waals surface area contributed by atoms with Crippen LogP contribution in [0.2, 0.25) is 0 Å². The Morgan fingerprint density at radius 1 is 1.41 bits per heavy atom. The van der Waals surface area contributed by atoms with Crippen LogP contribution < -0.4 is 0 Å². The Labute approximate surface area is 105 Å². The Bertz CT molecular complexity index is 386. The van der Waals surface area contributed by atoms with E-state index >= 15 is 0 Å². The summed E-state index contributed by atoms with van der Waals surface area (Å²) in [6.07, 6.45) is 4.61. The summed E-state index contributed by atoms with van der Waals surface area (Å²) in [4.78, 5) is 0. The van der Waals surface area contributed by atoms with Crippen LogP contribution in [0.1, 0.15) is 46.0 Å². The van der Waals surface area contributed by atoms with Gasteiger partial charge in [-0.3, -0.25) is 0 Å². The van der Waals surface area contributed by atoms with Gasteiger partial charge in [0.1, 0.15) is 0 Å². The van der Waals surface area contributed by atoms with Gasteiger partial charge in [-0.2, -0.15) is 5.26 Å². The fourth-order valence-electron chi connectivity index (χ4n) is 2.59. The lowest BCUT2D eigenvalue weighted by Gasteiger charge is -2.36. The summed E-state index contributed by atoms with van der Waals surface area (Å²) in [5.41, 5.74) is 0. The summed E-state index contributed by atoms with van der Waals surface area (Å²) in [5, 5.41) is 8.02. The van der Waals surface area contributed by atoms with E-state index in [1.807, 2.05) is 6.07 Å². The lowest BCUT2D eigenvalue weighted by molar-refractivity contribution is 0.212. The molecule has 0 aromatic heterocycles. The normalized spacial score (nSPS) is 27.7. The molecular weight excluding hydrogens is 236 g/mol. The van der Waals surface area contributed by atoms with Crippen molar-refractivity contribution in [2.24, 2.45) is 5.92 Å². The third-order valence-corrected chi connectivity index (χ3v) is 6.04. The van der Waals surface area contributed by atoms with Gasteiger partial charge in [0.05, 0.1) is 6.07 Å². The quantitative estimate of drug-likeness (QED) is 0.776. The summed E-state index contributed by atoms with van der Waals surface area (Å²) >= 11 is 0. The van der Waals surface area contributed by atoms with Gasteiger partial charge in [-0.1, -0.05) is 26.7 Å². The first-order valence-corrected chi connectivity index (χ1v) is 7.82. The van der Waals surface area contributed by atoms with Crippen LogP contribution in [0.15, 0.2) is 0 Å². The Hall–Kier alpha value is -0.600. The van der Waals surface area contributed by atoms with Crippen molar-refractivity contribution in [3.8, 4) is 6.07 Å². The maximum Gasteiger partial charge on any atom is 0.230 e. The maximum atomic E-state index is 12.2. The van der Waals surface area contributed by atoms with E-state index < -0.39 is 15.3 Å². The highest BCUT2D eigenvalue weighted by Gasteiger charge is 2.36. The van der Waals surface area contributed by atoms with E-state index in [-0.39, 0.29) is 6.04 Å². The number of nitriles is 1. The van der Waals surface area contributed by atoms with Crippen LogP contribution in [0.5, 0.6) is 0 Å². The summed E-state index contributed by atoms with van der Waals surface area (Å²) in [7, 11) is -1.83. The molecule has 0 aliphatic heterocycles. The number of sulfonamides is 1. The van der Waals surface area contributed by atoms with E-state index in [1.165, 1.54) is 10.7 Å². The second kappa shape index (κ2) is 5.83. The molecule has 17 heavy (non-hydrogen) atoms. The monoisotopic (exact) mass is 258 g/mol. The van der Waals surface area contributed by atoms with Crippen molar-refractivity contribution in [3.05, 3.63) is 0 Å². The first-order valence-electron chi connectivity index (χ1n) is 6.31. The van der Waals surface area contributed by atoms with E-state index in [1.54, 1.807) is 14.0 Å². The minimum atomic E-state index is -3.46. The molecule has 98 valence electrons. The molecule has 0 aromatic rings. The molecule has 0 radical (unpaired) electrons. The van der Waals surface area contributed by atoms with Gasteiger partial charge in [0.25, 0.3) is 0 Å². The lowest BCUT2D eigenvalue weighted by atomic mass is 9.86. The van der Waals surface area contributed by atoms with Gasteiger partial charge in [0, 0.05) is 13.1 Å². The fraction of sp³-hybridized carbons (Fsp3) is 0.917. The topological polar surface area (TPSA) is 61.2 Å². The Kier molecular flexibility index (Phi) is 4.96. The predicted octanol–water partition coefficient (Wildman–Crippen LogP) is 2.13. The maximum absolute atomic E-state index is 12.2. The summed E-state index contributed by atoms with van der Waals surface area (Å²) in [6, 6.07) is 1.96. The van der Waals surface area contributed by atoms with Crippen LogP contribution in [-0.2, 0) is 10.0 Å². The van der Waals surface area contributed by atoms with Gasteiger partial charge in [-0.25, -0.2) is 12.7 Å². The van der Waals surface area contributed by atoms with Gasteiger partial charge in [0.2, 0.25) is 10.0 Å². The molecule has 4 nitrogen and oxygen atoms in total. The molecule has 0 aromatic carbocycles. The molecule has 0 saturated heterocycles. The second-order valence-electron chi connectivity index (χ2n) is 4.92. The largest absolute Gasteiger partial charge is 0.230 e. The zero-order valence-electron chi connectivity index (χ0n) is 10.9. The van der Waals surface area contributed by atoms with Gasteiger partial charge in [0.15, 0.2) is 5.25 Å². The van der Waals surface area contributed by atoms with Crippen molar-refractivity contribution in [2.45, 2.75) is 57.2 Å². The third kappa shape index (κ3) is 2.99. The van der Waals surface area contributed by atoms with E-state index in [2.05, 4.69) is 6.92 Å². The fourth-order valence-corrected chi connectivity index (χ4v) is 4.24. The zero-order chi connectivity index (χ0) is 13.1. The van der Waals surface area contributed by atoms with Crippen LogP contribution >= 0.6 is 0 Å². The van der Waals surface area contributed by atoms with E-state index in [4.69, 9.17) is 5.26 Å². The van der Waals surface area contributed by atoms with E-state index in [0.717, 1.165) is 19.3 Å². The average molecular weight is 258 g/mol. The van der Waals surface area contributed by atoms with Gasteiger partial charge in [-0.15, -0.1) is 0 Å². The van der Waals surface area contributed by atoms with Crippen LogP contribution in [0.4, 0.5) is 0 Å². The Morgan fingerprint density at radius 3 is 2.47 bits per heavy atom. The van der Waals surface area contributed by atoms with Crippen molar-refractivity contribution < 1.29 is 8.42 Å². The molecule has 1 rings (SSSR count). The SMILES string of the molecule is CCC(C#N)S(=O)(=O)N(C)C1CCCCC1C. The number of nitrogens with zero attached hydrogens (tertiary/aromatic N) is 2. The summed E-state index contributed by atoms with van der Waals surface area (Å²) in [6.45, 7) is 3.84. The van der Waals surface area contributed by atoms with E-state index in [0.29, 0.717) is 12.3 Å². The molecule has 1 aliphatic carbocycles. The second-order valence-corrected chi connectivity index (χ2v) is 7.09. The molecule has 0 spiro atoms. The highest BCUT2D eigenvalue weighted by molar-refractivity contribution is 7.90. The highest BCUT2D eigenvalue weighted by Crippen LogP contribution is 2.29. The van der Waals surface area contributed by atoms with Crippen molar-refractivity contribution in [3.63, 3.8) is 0 Å². The number of hydrogen-bond acceptors (Lipinski definition) is 3. The third-order valence-electron chi connectivity index (χ3n) is 3.81. The minimum Gasteiger partial charge on any atom is -0.211 e. The van der Waals surface area contributed by atoms with Crippen molar-refractivity contribution in [1.29, 1.82) is 5.26 Å². The van der Waals surface area contributed by atoms with E-state index in [9.17, 15) is 8.42 Å². The van der Waals surface area contributed by atoms with Crippen molar-refractivity contribution >= 4 is 10.0 Å². The predicted molar refractivity (Wildman–Crippen MR) is 67.8 cm³/mol. The Morgan fingerprint density at radius 2 is 2.00 bits per heavy atom. The standard InChI is InChI=1S/C12H22N2O2S/c1-4-11(9-13)17(15,16)14(3)12-8-6-5-7-10(12)2/h10-12H,4-8H2,1-3H3. The molecule has 1 saturated carbocycles. The number of hydrogen-bond donors (Lipinski definition) is 0. The van der Waals surface area contributed by atoms with Crippen LogP contribution in [0, 0.1) is 17.2 Å². The first kappa shape index (κ1) is 14.5. The molecular formula is C12H22N2O2S. The molecule has 0 heterocycles. The summed E-state index contributed by atoms with van der Waals surface area (Å²) in [5.74, 6) is 0.389. The molecule has 1 aliphatic rings. The molecule has 3 unspecified atom stereocenters. The minimum absolute atomic E-state index is 0.0659. The van der Waals surface area contributed by atoms with Gasteiger partial charge in [-0.05, 0) is 25.2 Å². The van der Waals surface area contributed by atoms with Crippen LogP contribution in [0.25, 0.3) is 0 Å². The smallest absolute Gasteiger partial charge is 0.211 e. The van der Waals surface area contributed by atoms with Gasteiger partial charge < -0.3 is 0 Å². The molecule has 0 amide bonds. The molecule has 1 fully saturated rings. The molecule has 0 N–H and O–H groups in total. The molecule has 3 atom stereocenters. The first-order chi connectivity index (χ1) is 7.95. The van der Waals surface area contributed by atoms with Gasteiger partial charge >= 0.3 is 0 Å². The lowest BCUT2D eigenvalue weighted by Crippen LogP contribution is -2.46.